The highest BCUT2D eigenvalue weighted by Crippen LogP contribution is 2.25. The van der Waals surface area contributed by atoms with Gasteiger partial charge in [-0.25, -0.2) is 0 Å². The molecule has 1 fully saturated rings. The number of benzene rings is 1. The van der Waals surface area contributed by atoms with Crippen LogP contribution in [0.2, 0.25) is 0 Å². The zero-order valence-electron chi connectivity index (χ0n) is 16.3. The molecule has 1 heterocycles. The van der Waals surface area contributed by atoms with Crippen LogP contribution in [-0.4, -0.2) is 29.5 Å². The maximum absolute atomic E-state index is 12.6. The van der Waals surface area contributed by atoms with Gasteiger partial charge in [0.1, 0.15) is 6.54 Å². The average Bonchev–Trinajstić information content (AvgIpc) is 3.04. The monoisotopic (exact) mass is 359 g/mol. The Balaban J connectivity index is 1.78. The molecule has 2 atom stereocenters. The maximum atomic E-state index is 12.6. The zero-order valence-corrected chi connectivity index (χ0v) is 16.3. The summed E-state index contributed by atoms with van der Waals surface area (Å²) in [6.45, 7) is 4.40. The van der Waals surface area contributed by atoms with E-state index in [2.05, 4.69) is 13.8 Å². The normalized spacial score (nSPS) is 18.0. The van der Waals surface area contributed by atoms with Crippen LogP contribution in [0.15, 0.2) is 30.3 Å². The van der Waals surface area contributed by atoms with Crippen molar-refractivity contribution in [2.75, 3.05) is 6.54 Å². The lowest BCUT2D eigenvalue weighted by Crippen LogP contribution is -2.40. The number of carbonyl (C=O) groups excluding carboxylic acids is 2. The molecule has 1 aliphatic heterocycles. The highest BCUT2D eigenvalue weighted by molar-refractivity contribution is 5.86. The summed E-state index contributed by atoms with van der Waals surface area (Å²) in [5, 5.41) is 0. The molecule has 1 aromatic carbocycles. The summed E-state index contributed by atoms with van der Waals surface area (Å²) in [5.74, 6) is -0.141. The summed E-state index contributed by atoms with van der Waals surface area (Å²) in [6, 6.07) is 9.66. The Hall–Kier alpha value is -1.84. The Morgan fingerprint density at radius 2 is 1.77 bits per heavy atom. The van der Waals surface area contributed by atoms with Gasteiger partial charge in [0.25, 0.3) is 0 Å². The lowest BCUT2D eigenvalue weighted by Gasteiger charge is -2.27. The number of nitrogens with zero attached hydrogens (tertiary/aromatic N) is 1. The van der Waals surface area contributed by atoms with Gasteiger partial charge in [-0.05, 0) is 12.0 Å². The van der Waals surface area contributed by atoms with E-state index in [1.807, 2.05) is 30.3 Å². The first-order valence-electron chi connectivity index (χ1n) is 10.1. The number of esters is 1. The molecule has 4 nitrogen and oxygen atoms in total. The molecule has 2 unspecified atom stereocenters. The fourth-order valence-corrected chi connectivity index (χ4v) is 3.56. The molecule has 0 radical (unpaired) electrons. The molecule has 0 spiro atoms. The molecule has 1 amide bonds. The SMILES string of the molecule is CCCCCCCCCC(C)C1OC(=O)CN1C(=O)Cc1ccccc1. The Morgan fingerprint density at radius 3 is 2.46 bits per heavy atom. The van der Waals surface area contributed by atoms with E-state index >= 15 is 0 Å². The van der Waals surface area contributed by atoms with Gasteiger partial charge < -0.3 is 4.74 Å². The molecule has 4 heteroatoms. The topological polar surface area (TPSA) is 46.6 Å². The Kier molecular flexibility index (Phi) is 8.66. The van der Waals surface area contributed by atoms with E-state index in [-0.39, 0.29) is 24.3 Å². The highest BCUT2D eigenvalue weighted by Gasteiger charge is 2.38. The smallest absolute Gasteiger partial charge is 0.327 e. The Morgan fingerprint density at radius 1 is 1.12 bits per heavy atom. The molecule has 0 aromatic heterocycles. The summed E-state index contributed by atoms with van der Waals surface area (Å²) >= 11 is 0. The van der Waals surface area contributed by atoms with Gasteiger partial charge in [0.05, 0.1) is 6.42 Å². The molecular formula is C22H33NO3. The van der Waals surface area contributed by atoms with Crippen LogP contribution in [0.1, 0.15) is 70.8 Å². The number of hydrogen-bond acceptors (Lipinski definition) is 3. The van der Waals surface area contributed by atoms with Crippen LogP contribution >= 0.6 is 0 Å². The van der Waals surface area contributed by atoms with Crippen molar-refractivity contribution in [2.45, 2.75) is 77.9 Å². The third-order valence-electron chi connectivity index (χ3n) is 5.13. The lowest BCUT2D eigenvalue weighted by atomic mass is 9.99. The molecule has 0 N–H and O–H groups in total. The summed E-state index contributed by atoms with van der Waals surface area (Å²) in [6.07, 6.45) is 9.75. The number of cyclic esters (lactones) is 1. The Bertz CT molecular complexity index is 558. The summed E-state index contributed by atoms with van der Waals surface area (Å²) < 4.78 is 5.47. The van der Waals surface area contributed by atoms with Crippen LogP contribution in [0.25, 0.3) is 0 Å². The number of unbranched alkanes of at least 4 members (excludes halogenated alkanes) is 6. The Labute approximate surface area is 157 Å². The number of ether oxygens (including phenoxy) is 1. The average molecular weight is 360 g/mol. The zero-order chi connectivity index (χ0) is 18.8. The van der Waals surface area contributed by atoms with E-state index < -0.39 is 6.23 Å². The summed E-state index contributed by atoms with van der Waals surface area (Å²) in [7, 11) is 0. The predicted molar refractivity (Wildman–Crippen MR) is 104 cm³/mol. The molecule has 0 aliphatic carbocycles. The van der Waals surface area contributed by atoms with Gasteiger partial charge in [0.2, 0.25) is 5.91 Å². The van der Waals surface area contributed by atoms with Crippen molar-refractivity contribution in [2.24, 2.45) is 5.92 Å². The minimum absolute atomic E-state index is 0.0292. The first-order valence-corrected chi connectivity index (χ1v) is 10.1. The second kappa shape index (κ2) is 11.0. The van der Waals surface area contributed by atoms with Crippen LogP contribution in [0.3, 0.4) is 0 Å². The van der Waals surface area contributed by atoms with E-state index in [1.165, 1.54) is 38.5 Å². The van der Waals surface area contributed by atoms with Gasteiger partial charge in [-0.15, -0.1) is 0 Å². The summed E-state index contributed by atoms with van der Waals surface area (Å²) in [5.41, 5.74) is 0.968. The van der Waals surface area contributed by atoms with E-state index in [4.69, 9.17) is 4.74 Å². The number of rotatable bonds is 11. The number of amides is 1. The first-order chi connectivity index (χ1) is 12.6. The van der Waals surface area contributed by atoms with Gasteiger partial charge >= 0.3 is 5.97 Å². The largest absolute Gasteiger partial charge is 0.440 e. The summed E-state index contributed by atoms with van der Waals surface area (Å²) in [4.78, 5) is 26.1. The molecule has 26 heavy (non-hydrogen) atoms. The number of carbonyl (C=O) groups is 2. The van der Waals surface area contributed by atoms with Gasteiger partial charge in [0, 0.05) is 5.92 Å². The molecule has 144 valence electrons. The van der Waals surface area contributed by atoms with Gasteiger partial charge in [-0.2, -0.15) is 0 Å². The highest BCUT2D eigenvalue weighted by atomic mass is 16.6. The van der Waals surface area contributed by atoms with Crippen LogP contribution in [-0.2, 0) is 20.7 Å². The molecule has 0 bridgehead atoms. The van der Waals surface area contributed by atoms with Gasteiger partial charge in [-0.1, -0.05) is 89.1 Å². The fraction of sp³-hybridized carbons (Fsp3) is 0.636. The molecule has 1 saturated heterocycles. The predicted octanol–water partition coefficient (Wildman–Crippen LogP) is 4.72. The standard InChI is InChI=1S/C22H33NO3/c1-3-4-5-6-7-8-10-13-18(2)22-23(17-21(25)26-22)20(24)16-19-14-11-9-12-15-19/h9,11-12,14-15,18,22H,3-8,10,13,16-17H2,1-2H3. The third-order valence-corrected chi connectivity index (χ3v) is 5.13. The van der Waals surface area contributed by atoms with E-state index in [1.54, 1.807) is 4.90 Å². The minimum atomic E-state index is -0.404. The van der Waals surface area contributed by atoms with Crippen LogP contribution in [0.4, 0.5) is 0 Å². The third kappa shape index (κ3) is 6.47. The van der Waals surface area contributed by atoms with Gasteiger partial charge in [0.15, 0.2) is 6.23 Å². The van der Waals surface area contributed by atoms with Crippen molar-refractivity contribution in [1.29, 1.82) is 0 Å². The van der Waals surface area contributed by atoms with Crippen molar-refractivity contribution in [3.63, 3.8) is 0 Å². The molecule has 0 saturated carbocycles. The molecule has 1 aromatic rings. The van der Waals surface area contributed by atoms with Crippen molar-refractivity contribution < 1.29 is 14.3 Å². The molecule has 2 rings (SSSR count). The minimum Gasteiger partial charge on any atom is -0.440 e. The van der Waals surface area contributed by atoms with E-state index in [0.717, 1.165) is 18.4 Å². The van der Waals surface area contributed by atoms with Crippen molar-refractivity contribution in [3.05, 3.63) is 35.9 Å². The van der Waals surface area contributed by atoms with Crippen molar-refractivity contribution >= 4 is 11.9 Å². The molecule has 1 aliphatic rings. The second-order valence-corrected chi connectivity index (χ2v) is 7.45. The van der Waals surface area contributed by atoms with Gasteiger partial charge in [-0.3, -0.25) is 14.5 Å². The van der Waals surface area contributed by atoms with E-state index in [9.17, 15) is 9.59 Å². The van der Waals surface area contributed by atoms with Crippen LogP contribution < -0.4 is 0 Å². The maximum Gasteiger partial charge on any atom is 0.327 e. The quantitative estimate of drug-likeness (QED) is 0.424. The molecular weight excluding hydrogens is 326 g/mol. The lowest BCUT2D eigenvalue weighted by molar-refractivity contribution is -0.146. The van der Waals surface area contributed by atoms with Crippen molar-refractivity contribution in [3.8, 4) is 0 Å². The van der Waals surface area contributed by atoms with E-state index in [0.29, 0.717) is 6.42 Å². The first kappa shape index (κ1) is 20.5. The fourth-order valence-electron chi connectivity index (χ4n) is 3.56. The number of hydrogen-bond donors (Lipinski definition) is 0. The van der Waals surface area contributed by atoms with Crippen LogP contribution in [0, 0.1) is 5.92 Å². The second-order valence-electron chi connectivity index (χ2n) is 7.45. The van der Waals surface area contributed by atoms with Crippen molar-refractivity contribution in [1.82, 2.24) is 4.90 Å². The van der Waals surface area contributed by atoms with Crippen LogP contribution in [0.5, 0.6) is 0 Å².